The van der Waals surface area contributed by atoms with Crippen molar-refractivity contribution in [2.75, 3.05) is 0 Å². The Labute approximate surface area is 179 Å². The van der Waals surface area contributed by atoms with E-state index >= 15 is 0 Å². The van der Waals surface area contributed by atoms with Gasteiger partial charge in [-0.15, -0.1) is 0 Å². The van der Waals surface area contributed by atoms with Gasteiger partial charge in [-0.05, 0) is 84.2 Å². The molecule has 0 amide bonds. The van der Waals surface area contributed by atoms with Gasteiger partial charge in [0.1, 0.15) is 0 Å². The van der Waals surface area contributed by atoms with Crippen LogP contribution in [0.15, 0.2) is 61.1 Å². The first-order valence-electron chi connectivity index (χ1n) is 10.6. The van der Waals surface area contributed by atoms with Crippen LogP contribution in [0, 0.1) is 20.8 Å². The summed E-state index contributed by atoms with van der Waals surface area (Å²) in [4.78, 5) is 8.37. The highest BCUT2D eigenvalue weighted by atomic mass is 14.7. The number of allylic oxidation sites excluding steroid dienone is 3. The highest BCUT2D eigenvalue weighted by molar-refractivity contribution is 5.63. The predicted molar refractivity (Wildman–Crippen MR) is 127 cm³/mol. The fourth-order valence-corrected chi connectivity index (χ4v) is 4.10. The molecule has 0 unspecified atom stereocenters. The van der Waals surface area contributed by atoms with Gasteiger partial charge in [0.05, 0.1) is 5.69 Å². The average Bonchev–Trinajstić information content (AvgIpc) is 3.50. The minimum Gasteiger partial charge on any atom is -0.264 e. The smallest absolute Gasteiger partial charge is 0.0516 e. The number of benzene rings is 1. The lowest BCUT2D eigenvalue weighted by Gasteiger charge is -2.00. The summed E-state index contributed by atoms with van der Waals surface area (Å²) in [6.45, 7) is 6.38. The number of hydrogen-bond acceptors (Lipinski definition) is 2. The van der Waals surface area contributed by atoms with Crippen LogP contribution in [0.25, 0.3) is 18.2 Å². The zero-order valence-corrected chi connectivity index (χ0v) is 18.0. The van der Waals surface area contributed by atoms with Crippen molar-refractivity contribution in [2.45, 2.75) is 40.0 Å². The van der Waals surface area contributed by atoms with Gasteiger partial charge in [0, 0.05) is 25.0 Å². The molecule has 0 N–H and O–H groups in total. The molecule has 0 radical (unpaired) electrons. The first kappa shape index (κ1) is 20.0. The molecule has 1 aromatic carbocycles. The third-order valence-electron chi connectivity index (χ3n) is 5.81. The molecule has 2 heteroatoms. The summed E-state index contributed by atoms with van der Waals surface area (Å²) in [6.07, 6.45) is 22.0. The van der Waals surface area contributed by atoms with E-state index in [0.29, 0.717) is 0 Å². The second kappa shape index (κ2) is 9.04. The maximum atomic E-state index is 4.26. The van der Waals surface area contributed by atoms with Crippen molar-refractivity contribution < 1.29 is 0 Å². The van der Waals surface area contributed by atoms with Gasteiger partial charge in [0.15, 0.2) is 0 Å². The zero-order chi connectivity index (χ0) is 20.9. The van der Waals surface area contributed by atoms with Crippen LogP contribution < -0.4 is 0 Å². The van der Waals surface area contributed by atoms with Crippen molar-refractivity contribution in [1.82, 2.24) is 9.97 Å². The Morgan fingerprint density at radius 1 is 0.633 bits per heavy atom. The summed E-state index contributed by atoms with van der Waals surface area (Å²) < 4.78 is 0. The molecule has 3 aliphatic carbocycles. The third kappa shape index (κ3) is 4.33. The molecule has 0 fully saturated rings. The van der Waals surface area contributed by atoms with E-state index in [-0.39, 0.29) is 0 Å². The van der Waals surface area contributed by atoms with Gasteiger partial charge in [-0.3, -0.25) is 9.97 Å². The second-order valence-corrected chi connectivity index (χ2v) is 7.98. The van der Waals surface area contributed by atoms with Gasteiger partial charge in [-0.25, -0.2) is 0 Å². The maximum Gasteiger partial charge on any atom is 0.0516 e. The van der Waals surface area contributed by atoms with Crippen molar-refractivity contribution in [3.8, 4) is 0 Å². The van der Waals surface area contributed by atoms with E-state index in [4.69, 9.17) is 0 Å². The van der Waals surface area contributed by atoms with Gasteiger partial charge < -0.3 is 0 Å². The maximum absolute atomic E-state index is 4.26. The van der Waals surface area contributed by atoms with E-state index < -0.39 is 0 Å². The Morgan fingerprint density at radius 2 is 1.30 bits per heavy atom. The molecule has 2 aromatic heterocycles. The minimum atomic E-state index is 1.01. The Morgan fingerprint density at radius 3 is 2.03 bits per heavy atom. The number of aromatic nitrogens is 2. The molecule has 0 atom stereocenters. The van der Waals surface area contributed by atoms with Gasteiger partial charge >= 0.3 is 0 Å². The third-order valence-corrected chi connectivity index (χ3v) is 5.81. The van der Waals surface area contributed by atoms with Crippen LogP contribution in [-0.4, -0.2) is 9.97 Å². The predicted octanol–water partition coefficient (Wildman–Crippen LogP) is 6.48. The first-order valence-corrected chi connectivity index (χ1v) is 10.6. The monoisotopic (exact) mass is 392 g/mol. The topological polar surface area (TPSA) is 25.8 Å². The Hall–Kier alpha value is -3.26. The number of hydrogen-bond donors (Lipinski definition) is 0. The molecule has 150 valence electrons. The van der Waals surface area contributed by atoms with Gasteiger partial charge in [-0.2, -0.15) is 0 Å². The summed E-state index contributed by atoms with van der Waals surface area (Å²) >= 11 is 0. The molecule has 0 bridgehead atoms. The van der Waals surface area contributed by atoms with Crippen LogP contribution in [0.1, 0.15) is 50.2 Å². The molecule has 0 saturated carbocycles. The molecule has 3 aliphatic rings. The van der Waals surface area contributed by atoms with Gasteiger partial charge in [-0.1, -0.05) is 54.7 Å². The Bertz CT molecular complexity index is 1000. The van der Waals surface area contributed by atoms with Gasteiger partial charge in [0.25, 0.3) is 0 Å². The number of fused-ring (bicyclic) bond motifs is 3. The highest BCUT2D eigenvalue weighted by Gasteiger charge is 2.07. The van der Waals surface area contributed by atoms with Crippen molar-refractivity contribution in [3.05, 3.63) is 111 Å². The molecule has 30 heavy (non-hydrogen) atoms. The molecule has 3 aromatic rings. The number of pyridine rings is 2. The van der Waals surface area contributed by atoms with Crippen LogP contribution in [0.2, 0.25) is 0 Å². The largest absolute Gasteiger partial charge is 0.264 e. The quantitative estimate of drug-likeness (QED) is 0.437. The summed E-state index contributed by atoms with van der Waals surface area (Å²) in [6, 6.07) is 8.53. The summed E-state index contributed by atoms with van der Waals surface area (Å²) in [5.41, 5.74) is 12.2. The second-order valence-electron chi connectivity index (χ2n) is 7.98. The van der Waals surface area contributed by atoms with Crippen LogP contribution >= 0.6 is 0 Å². The lowest BCUT2D eigenvalue weighted by molar-refractivity contribution is 1.11. The van der Waals surface area contributed by atoms with Crippen molar-refractivity contribution in [2.24, 2.45) is 0 Å². The van der Waals surface area contributed by atoms with Crippen LogP contribution in [0.5, 0.6) is 0 Å². The van der Waals surface area contributed by atoms with E-state index in [1.807, 2.05) is 18.6 Å². The van der Waals surface area contributed by atoms with Crippen LogP contribution in [-0.2, 0) is 19.3 Å². The van der Waals surface area contributed by atoms with E-state index in [1.165, 1.54) is 50.2 Å². The fraction of sp³-hybridized carbons (Fsp3) is 0.214. The number of nitrogens with zero attached hydrogens (tertiary/aromatic N) is 2. The molecule has 2 nitrogen and oxygen atoms in total. The standard InChI is InChI=1S/C10H10.2C9H9N/c1-8-4-2-5-9-6-3-7-10(8)9;1-7-5-10-6-8-3-2-4-9(7)8;1-7-5-6-10-9-4-2-3-8(7)9/h2-5,7H,6H2,1H3;2,4-6H,3H2,1H3;2-3,5-6H,4H2,1H3. The van der Waals surface area contributed by atoms with E-state index in [2.05, 4.69) is 91.5 Å². The molecule has 6 rings (SSSR count). The zero-order valence-electron chi connectivity index (χ0n) is 18.0. The van der Waals surface area contributed by atoms with Crippen molar-refractivity contribution >= 4 is 18.2 Å². The molecular formula is C28H28N2. The molecule has 0 aliphatic heterocycles. The summed E-state index contributed by atoms with van der Waals surface area (Å²) in [7, 11) is 0. The van der Waals surface area contributed by atoms with Crippen molar-refractivity contribution in [1.29, 1.82) is 0 Å². The molecule has 0 saturated heterocycles. The minimum absolute atomic E-state index is 1.01. The highest BCUT2D eigenvalue weighted by Crippen LogP contribution is 2.22. The number of aryl methyl sites for hydroxylation is 3. The molecule has 2 heterocycles. The van der Waals surface area contributed by atoms with Crippen LogP contribution in [0.4, 0.5) is 0 Å². The van der Waals surface area contributed by atoms with Crippen LogP contribution in [0.3, 0.4) is 0 Å². The first-order chi connectivity index (χ1) is 14.6. The summed E-state index contributed by atoms with van der Waals surface area (Å²) in [5.74, 6) is 0. The Balaban J connectivity index is 0.000000109. The SMILES string of the molecule is Cc1cccc2c1C=CC2.Cc1ccnc2c1C=CC2.Cc1cncc2c1C=CC2. The van der Waals surface area contributed by atoms with E-state index in [1.54, 1.807) is 0 Å². The summed E-state index contributed by atoms with van der Waals surface area (Å²) in [5, 5.41) is 0. The van der Waals surface area contributed by atoms with Gasteiger partial charge in [0.2, 0.25) is 0 Å². The van der Waals surface area contributed by atoms with Crippen molar-refractivity contribution in [3.63, 3.8) is 0 Å². The normalized spacial score (nSPS) is 13.7. The molecule has 0 spiro atoms. The average molecular weight is 393 g/mol. The Kier molecular flexibility index (Phi) is 6.04. The lowest BCUT2D eigenvalue weighted by Crippen LogP contribution is -1.88. The lowest BCUT2D eigenvalue weighted by atomic mass is 10.1. The molecular weight excluding hydrogens is 364 g/mol. The van der Waals surface area contributed by atoms with E-state index in [9.17, 15) is 0 Å². The van der Waals surface area contributed by atoms with E-state index in [0.717, 1.165) is 19.3 Å². The fourth-order valence-electron chi connectivity index (χ4n) is 4.10. The number of rotatable bonds is 0.